The highest BCUT2D eigenvalue weighted by Gasteiger charge is 2.36. The highest BCUT2D eigenvalue weighted by molar-refractivity contribution is 6.52. The first kappa shape index (κ1) is 26.2. The van der Waals surface area contributed by atoms with Crippen molar-refractivity contribution in [2.75, 3.05) is 13.1 Å². The zero-order valence-corrected chi connectivity index (χ0v) is 23.2. The number of para-hydroxylation sites is 2. The fourth-order valence-corrected chi connectivity index (χ4v) is 6.49. The third-order valence-corrected chi connectivity index (χ3v) is 8.37. The Labute approximate surface area is 239 Å². The smallest absolute Gasteiger partial charge is 0.172 e. The van der Waals surface area contributed by atoms with Gasteiger partial charge in [0.25, 0.3) is 0 Å². The lowest BCUT2D eigenvalue weighted by Crippen LogP contribution is -2.34. The van der Waals surface area contributed by atoms with E-state index in [-0.39, 0.29) is 30.4 Å². The Morgan fingerprint density at radius 2 is 1.38 bits per heavy atom. The molecule has 0 amide bonds. The number of pyridine rings is 1. The number of fused-ring (bicyclic) bond motifs is 2. The third kappa shape index (κ3) is 4.37. The van der Waals surface area contributed by atoms with E-state index in [0.717, 1.165) is 71.1 Å². The van der Waals surface area contributed by atoms with Crippen molar-refractivity contribution in [3.63, 3.8) is 0 Å². The van der Waals surface area contributed by atoms with E-state index in [4.69, 9.17) is 0 Å². The van der Waals surface area contributed by atoms with Crippen LogP contribution in [0.15, 0.2) is 85.3 Å². The monoisotopic (exact) mass is 550 g/mol. The van der Waals surface area contributed by atoms with Gasteiger partial charge in [0.1, 0.15) is 0 Å². The van der Waals surface area contributed by atoms with Crippen LogP contribution in [0.3, 0.4) is 0 Å². The molecule has 1 saturated heterocycles. The maximum Gasteiger partial charge on any atom is 0.172 e. The molecule has 1 aliphatic heterocycles. The standard InChI is InChI=1S/C33H30N4O2.ClH/c1-35-20-26(24-9-2-4-11-28(24)35)32-30(38)18-31(39)33(32)27-21-37(29-12-5-3-10-25(27)29)23-13-16-36(17-14-23)19-22-8-6-7-15-34-22;/h2-12,15,20-21,23H,13-14,16-19H2,1H3;1H. The number of benzene rings is 2. The molecule has 2 aliphatic rings. The van der Waals surface area contributed by atoms with Gasteiger partial charge in [-0.3, -0.25) is 19.5 Å². The summed E-state index contributed by atoms with van der Waals surface area (Å²) in [5.41, 5.74) is 6.11. The number of aryl methyl sites for hydroxylation is 1. The van der Waals surface area contributed by atoms with Crippen LogP contribution in [0.2, 0.25) is 0 Å². The molecule has 40 heavy (non-hydrogen) atoms. The van der Waals surface area contributed by atoms with Crippen molar-refractivity contribution in [3.05, 3.63) is 102 Å². The minimum absolute atomic E-state index is 0. The number of likely N-dealkylation sites (tertiary alicyclic amines) is 1. The number of piperidine rings is 1. The summed E-state index contributed by atoms with van der Waals surface area (Å²) in [5, 5.41) is 2.03. The maximum atomic E-state index is 13.5. The lowest BCUT2D eigenvalue weighted by molar-refractivity contribution is -0.119. The van der Waals surface area contributed by atoms with E-state index in [1.54, 1.807) is 0 Å². The fourth-order valence-electron chi connectivity index (χ4n) is 6.49. The van der Waals surface area contributed by atoms with E-state index < -0.39 is 0 Å². The van der Waals surface area contributed by atoms with Crippen LogP contribution in [0.5, 0.6) is 0 Å². The molecule has 7 rings (SSSR count). The number of carbonyl (C=O) groups is 2. The van der Waals surface area contributed by atoms with Gasteiger partial charge in [0.05, 0.1) is 12.1 Å². The summed E-state index contributed by atoms with van der Waals surface area (Å²) in [6, 6.07) is 22.8. The Morgan fingerprint density at radius 3 is 2.05 bits per heavy atom. The van der Waals surface area contributed by atoms with Gasteiger partial charge in [0.2, 0.25) is 0 Å². The van der Waals surface area contributed by atoms with Crippen LogP contribution in [-0.2, 0) is 23.2 Å². The van der Waals surface area contributed by atoms with Gasteiger partial charge in [0, 0.05) is 95.4 Å². The fraction of sp³-hybridized carbons (Fsp3) is 0.242. The predicted octanol–water partition coefficient (Wildman–Crippen LogP) is 6.24. The molecule has 202 valence electrons. The molecule has 5 aromatic rings. The summed E-state index contributed by atoms with van der Waals surface area (Å²) in [5.74, 6) is -0.179. The van der Waals surface area contributed by atoms with Crippen LogP contribution in [-0.4, -0.2) is 43.7 Å². The summed E-state index contributed by atoms with van der Waals surface area (Å²) >= 11 is 0. The third-order valence-electron chi connectivity index (χ3n) is 8.37. The Bertz CT molecular complexity index is 1770. The van der Waals surface area contributed by atoms with Crippen LogP contribution < -0.4 is 0 Å². The molecule has 0 N–H and O–H groups in total. The van der Waals surface area contributed by atoms with Gasteiger partial charge in [-0.1, -0.05) is 42.5 Å². The number of nitrogens with zero attached hydrogens (tertiary/aromatic N) is 4. The maximum absolute atomic E-state index is 13.5. The van der Waals surface area contributed by atoms with E-state index in [9.17, 15) is 9.59 Å². The van der Waals surface area contributed by atoms with E-state index in [2.05, 4.69) is 44.9 Å². The molecule has 2 aromatic carbocycles. The quantitative estimate of drug-likeness (QED) is 0.243. The SMILES string of the molecule is Cl.Cn1cc(C2=C(c3cn(C4CCN(Cc5ccccn5)CC4)c4ccccc34)C(=O)CC2=O)c2ccccc21. The summed E-state index contributed by atoms with van der Waals surface area (Å²) in [4.78, 5) is 33.8. The number of halogens is 1. The minimum atomic E-state index is -0.0917. The largest absolute Gasteiger partial charge is 0.350 e. The lowest BCUT2D eigenvalue weighted by Gasteiger charge is -2.33. The molecule has 3 aromatic heterocycles. The number of carbonyl (C=O) groups excluding carboxylic acids is 2. The predicted molar refractivity (Wildman–Crippen MR) is 161 cm³/mol. The number of Topliss-reactive ketones (excluding diaryl/α,β-unsaturated/α-hetero) is 2. The molecule has 6 nitrogen and oxygen atoms in total. The normalized spacial score (nSPS) is 16.8. The van der Waals surface area contributed by atoms with Gasteiger partial charge in [-0.15, -0.1) is 12.4 Å². The van der Waals surface area contributed by atoms with E-state index >= 15 is 0 Å². The molecule has 7 heteroatoms. The highest BCUT2D eigenvalue weighted by Crippen LogP contribution is 2.42. The average molecular weight is 551 g/mol. The van der Waals surface area contributed by atoms with E-state index in [1.165, 1.54) is 0 Å². The first-order valence-electron chi connectivity index (χ1n) is 13.7. The second-order valence-electron chi connectivity index (χ2n) is 10.7. The average Bonchev–Trinajstić information content (AvgIpc) is 3.60. The zero-order chi connectivity index (χ0) is 26.5. The molecule has 0 spiro atoms. The van der Waals surface area contributed by atoms with Crippen LogP contribution in [0, 0.1) is 0 Å². The Balaban J connectivity index is 0.00000289. The summed E-state index contributed by atoms with van der Waals surface area (Å²) < 4.78 is 4.39. The van der Waals surface area contributed by atoms with Gasteiger partial charge >= 0.3 is 0 Å². The van der Waals surface area contributed by atoms with Gasteiger partial charge in [-0.25, -0.2) is 0 Å². The summed E-state index contributed by atoms with van der Waals surface area (Å²) in [6.45, 7) is 2.85. The molecule has 0 atom stereocenters. The van der Waals surface area contributed by atoms with Gasteiger partial charge in [0.15, 0.2) is 11.6 Å². The van der Waals surface area contributed by atoms with E-state index in [1.807, 2.05) is 66.5 Å². The van der Waals surface area contributed by atoms with Crippen LogP contribution in [0.1, 0.15) is 42.1 Å². The lowest BCUT2D eigenvalue weighted by atomic mass is 9.95. The van der Waals surface area contributed by atoms with Crippen molar-refractivity contribution < 1.29 is 9.59 Å². The van der Waals surface area contributed by atoms with Crippen LogP contribution in [0.25, 0.3) is 33.0 Å². The topological polar surface area (TPSA) is 60.1 Å². The zero-order valence-electron chi connectivity index (χ0n) is 22.4. The molecule has 1 fully saturated rings. The van der Waals surface area contributed by atoms with Gasteiger partial charge in [-0.2, -0.15) is 0 Å². The first-order chi connectivity index (χ1) is 19.1. The number of aromatic nitrogens is 3. The first-order valence-corrected chi connectivity index (χ1v) is 13.7. The molecule has 1 aliphatic carbocycles. The van der Waals surface area contributed by atoms with Crippen LogP contribution in [0.4, 0.5) is 0 Å². The van der Waals surface area contributed by atoms with Gasteiger partial charge in [-0.05, 0) is 37.1 Å². The summed E-state index contributed by atoms with van der Waals surface area (Å²) in [7, 11) is 1.99. The molecule has 0 radical (unpaired) electrons. The number of hydrogen-bond acceptors (Lipinski definition) is 4. The summed E-state index contributed by atoms with van der Waals surface area (Å²) in [6.07, 6.45) is 7.96. The van der Waals surface area contributed by atoms with Crippen molar-refractivity contribution in [2.45, 2.75) is 31.8 Å². The number of rotatable bonds is 5. The Kier molecular flexibility index (Phi) is 6.90. The Morgan fingerprint density at radius 1 is 0.775 bits per heavy atom. The molecular weight excluding hydrogens is 520 g/mol. The van der Waals surface area contributed by atoms with Crippen molar-refractivity contribution in [1.29, 1.82) is 0 Å². The molecule has 0 saturated carbocycles. The van der Waals surface area contributed by atoms with Crippen molar-refractivity contribution >= 4 is 56.9 Å². The Hall–Kier alpha value is -4.00. The van der Waals surface area contributed by atoms with Crippen LogP contribution >= 0.6 is 12.4 Å². The van der Waals surface area contributed by atoms with E-state index in [0.29, 0.717) is 17.2 Å². The number of hydrogen-bond donors (Lipinski definition) is 0. The second-order valence-corrected chi connectivity index (χ2v) is 10.7. The molecule has 0 unspecified atom stereocenters. The van der Waals surface area contributed by atoms with Gasteiger partial charge < -0.3 is 9.13 Å². The van der Waals surface area contributed by atoms with Crippen molar-refractivity contribution in [1.82, 2.24) is 19.0 Å². The van der Waals surface area contributed by atoms with Crippen molar-refractivity contribution in [2.24, 2.45) is 7.05 Å². The second kappa shape index (κ2) is 10.5. The highest BCUT2D eigenvalue weighted by atomic mass is 35.5. The number of ketones is 2. The molecule has 0 bridgehead atoms. The molecule has 4 heterocycles. The number of allylic oxidation sites excluding steroid dienone is 2. The molecular formula is C33H31ClN4O2. The van der Waals surface area contributed by atoms with Crippen molar-refractivity contribution in [3.8, 4) is 0 Å². The minimum Gasteiger partial charge on any atom is -0.350 e.